The summed E-state index contributed by atoms with van der Waals surface area (Å²) in [6, 6.07) is 14.5. The predicted molar refractivity (Wildman–Crippen MR) is 105 cm³/mol. The van der Waals surface area contributed by atoms with E-state index < -0.39 is 0 Å². The van der Waals surface area contributed by atoms with Crippen molar-refractivity contribution in [2.45, 2.75) is 64.0 Å². The first-order valence-electron chi connectivity index (χ1n) is 9.89. The molecule has 144 valence electrons. The number of aryl methyl sites for hydroxylation is 3. The summed E-state index contributed by atoms with van der Waals surface area (Å²) < 4.78 is 2.33. The van der Waals surface area contributed by atoms with Gasteiger partial charge in [0.05, 0.1) is 6.10 Å². The van der Waals surface area contributed by atoms with Gasteiger partial charge in [-0.1, -0.05) is 48.4 Å². The van der Waals surface area contributed by atoms with Crippen LogP contribution in [0, 0.1) is 0 Å². The minimum atomic E-state index is -0.291. The minimum absolute atomic E-state index is 0.291. The minimum Gasteiger partial charge on any atom is -0.393 e. The molecule has 3 aromatic rings. The molecule has 6 nitrogen and oxygen atoms in total. The molecule has 0 saturated carbocycles. The number of rotatable bonds is 12. The van der Waals surface area contributed by atoms with Crippen LogP contribution in [0.2, 0.25) is 0 Å². The maximum absolute atomic E-state index is 10.3. The lowest BCUT2D eigenvalue weighted by Gasteiger charge is -2.13. The quantitative estimate of drug-likeness (QED) is 0.481. The number of hydrogen-bond donors (Lipinski definition) is 2. The molecule has 0 aliphatic carbocycles. The van der Waals surface area contributed by atoms with Crippen molar-refractivity contribution in [1.82, 2.24) is 25.2 Å². The highest BCUT2D eigenvalue weighted by Gasteiger charge is 2.08. The van der Waals surface area contributed by atoms with Gasteiger partial charge in [0, 0.05) is 24.9 Å². The fourth-order valence-electron chi connectivity index (χ4n) is 3.40. The Balaban J connectivity index is 1.32. The summed E-state index contributed by atoms with van der Waals surface area (Å²) in [6.45, 7) is 1.04. The number of aromatic nitrogens is 5. The molecule has 0 fully saturated rings. The van der Waals surface area contributed by atoms with Crippen LogP contribution in [-0.4, -0.2) is 36.4 Å². The number of nitrogens with one attached hydrogen (secondary N) is 1. The van der Waals surface area contributed by atoms with Crippen molar-refractivity contribution in [1.29, 1.82) is 0 Å². The lowest BCUT2D eigenvalue weighted by molar-refractivity contribution is 0.164. The number of nitrogens with zero attached hydrogens (tertiary/aromatic N) is 4. The molecular weight excluding hydrogens is 338 g/mol. The molecule has 2 N–H and O–H groups in total. The Bertz CT molecular complexity index is 754. The van der Waals surface area contributed by atoms with E-state index in [9.17, 15) is 5.11 Å². The van der Waals surface area contributed by atoms with Gasteiger partial charge in [-0.05, 0) is 49.8 Å². The monoisotopic (exact) mass is 367 g/mol. The number of H-pyrrole nitrogens is 1. The number of benzene rings is 1. The summed E-state index contributed by atoms with van der Waals surface area (Å²) >= 11 is 0. The lowest BCUT2D eigenvalue weighted by atomic mass is 10.0. The van der Waals surface area contributed by atoms with Gasteiger partial charge in [0.1, 0.15) is 0 Å². The Labute approximate surface area is 160 Å². The molecule has 2 heterocycles. The van der Waals surface area contributed by atoms with Gasteiger partial charge in [0.15, 0.2) is 5.82 Å². The Morgan fingerprint density at radius 3 is 2.63 bits per heavy atom. The van der Waals surface area contributed by atoms with Gasteiger partial charge in [0.2, 0.25) is 0 Å². The van der Waals surface area contributed by atoms with Gasteiger partial charge in [-0.2, -0.15) is 5.21 Å². The van der Waals surface area contributed by atoms with Gasteiger partial charge >= 0.3 is 0 Å². The molecular formula is C21H29N5O. The van der Waals surface area contributed by atoms with Crippen molar-refractivity contribution in [3.05, 3.63) is 65.7 Å². The van der Waals surface area contributed by atoms with E-state index in [1.165, 1.54) is 30.5 Å². The molecule has 1 atom stereocenters. The number of aromatic amines is 1. The van der Waals surface area contributed by atoms with Crippen molar-refractivity contribution < 1.29 is 5.11 Å². The van der Waals surface area contributed by atoms with Gasteiger partial charge < -0.3 is 9.67 Å². The normalized spacial score (nSPS) is 12.3. The highest BCUT2D eigenvalue weighted by Crippen LogP contribution is 2.13. The van der Waals surface area contributed by atoms with Crippen LogP contribution >= 0.6 is 0 Å². The van der Waals surface area contributed by atoms with Crippen LogP contribution in [0.25, 0.3) is 0 Å². The Kier molecular flexibility index (Phi) is 7.59. The zero-order valence-electron chi connectivity index (χ0n) is 15.8. The standard InChI is InChI=1S/C21H29N5O/c27-20(17-18-9-4-3-5-10-18)14-13-19-11-8-16-26(19)15-7-2-1-6-12-21-22-24-25-23-21/h3-5,8-11,16,20,27H,1-2,6-7,12-15,17H2,(H,22,23,24,25). The van der Waals surface area contributed by atoms with Gasteiger partial charge in [0.25, 0.3) is 0 Å². The number of aliphatic hydroxyl groups excluding tert-OH is 1. The Morgan fingerprint density at radius 2 is 1.81 bits per heavy atom. The molecule has 27 heavy (non-hydrogen) atoms. The van der Waals surface area contributed by atoms with E-state index in [0.717, 1.165) is 44.5 Å². The first-order chi connectivity index (χ1) is 13.3. The fourth-order valence-corrected chi connectivity index (χ4v) is 3.40. The average Bonchev–Trinajstić information content (AvgIpc) is 3.35. The molecule has 0 saturated heterocycles. The molecule has 0 spiro atoms. The second-order valence-electron chi connectivity index (χ2n) is 7.07. The second-order valence-corrected chi connectivity index (χ2v) is 7.07. The third-order valence-corrected chi connectivity index (χ3v) is 4.91. The van der Waals surface area contributed by atoms with Crippen LogP contribution in [0.4, 0.5) is 0 Å². The number of aliphatic hydroxyl groups is 1. The second kappa shape index (κ2) is 10.6. The zero-order valence-corrected chi connectivity index (χ0v) is 15.8. The number of hydrogen-bond acceptors (Lipinski definition) is 4. The summed E-state index contributed by atoms with van der Waals surface area (Å²) in [7, 11) is 0. The molecule has 0 aliphatic rings. The fraction of sp³-hybridized carbons (Fsp3) is 0.476. The topological polar surface area (TPSA) is 79.6 Å². The third kappa shape index (κ3) is 6.64. The largest absolute Gasteiger partial charge is 0.393 e. The molecule has 6 heteroatoms. The average molecular weight is 367 g/mol. The summed E-state index contributed by atoms with van der Waals surface area (Å²) in [5.41, 5.74) is 2.51. The summed E-state index contributed by atoms with van der Waals surface area (Å²) in [5, 5.41) is 24.3. The van der Waals surface area contributed by atoms with E-state index in [2.05, 4.69) is 55.7 Å². The van der Waals surface area contributed by atoms with Crippen LogP contribution in [0.15, 0.2) is 48.7 Å². The van der Waals surface area contributed by atoms with Crippen molar-refractivity contribution in [2.75, 3.05) is 0 Å². The zero-order chi connectivity index (χ0) is 18.7. The molecule has 3 rings (SSSR count). The van der Waals surface area contributed by atoms with Crippen LogP contribution in [0.3, 0.4) is 0 Å². The van der Waals surface area contributed by atoms with Crippen LogP contribution in [0.5, 0.6) is 0 Å². The maximum Gasteiger partial charge on any atom is 0.174 e. The number of unbranched alkanes of at least 4 members (excludes halogenated alkanes) is 3. The summed E-state index contributed by atoms with van der Waals surface area (Å²) in [6.07, 6.45) is 9.84. The van der Waals surface area contributed by atoms with Crippen molar-refractivity contribution >= 4 is 0 Å². The molecule has 0 radical (unpaired) electrons. The predicted octanol–water partition coefficient (Wildman–Crippen LogP) is 3.34. The van der Waals surface area contributed by atoms with Gasteiger partial charge in [-0.3, -0.25) is 0 Å². The smallest absolute Gasteiger partial charge is 0.174 e. The Hall–Kier alpha value is -2.47. The van der Waals surface area contributed by atoms with E-state index in [1.54, 1.807) is 0 Å². The van der Waals surface area contributed by atoms with Crippen molar-refractivity contribution in [3.8, 4) is 0 Å². The molecule has 1 aromatic carbocycles. The van der Waals surface area contributed by atoms with E-state index in [4.69, 9.17) is 0 Å². The summed E-state index contributed by atoms with van der Waals surface area (Å²) in [5.74, 6) is 0.803. The first kappa shape index (κ1) is 19.3. The Morgan fingerprint density at radius 1 is 0.963 bits per heavy atom. The van der Waals surface area contributed by atoms with Gasteiger partial charge in [-0.25, -0.2) is 0 Å². The summed E-state index contributed by atoms with van der Waals surface area (Å²) in [4.78, 5) is 0. The molecule has 0 aliphatic heterocycles. The highest BCUT2D eigenvalue weighted by molar-refractivity contribution is 5.15. The van der Waals surface area contributed by atoms with Crippen LogP contribution < -0.4 is 0 Å². The molecule has 0 amide bonds. The van der Waals surface area contributed by atoms with Crippen LogP contribution in [0.1, 0.15) is 49.2 Å². The maximum atomic E-state index is 10.3. The third-order valence-electron chi connectivity index (χ3n) is 4.91. The number of tetrazole rings is 1. The van der Waals surface area contributed by atoms with E-state index in [-0.39, 0.29) is 6.10 Å². The lowest BCUT2D eigenvalue weighted by Crippen LogP contribution is -2.13. The molecule has 0 bridgehead atoms. The SMILES string of the molecule is OC(CCc1cccn1CCCCCCc1nn[nH]n1)Cc1ccccc1. The highest BCUT2D eigenvalue weighted by atomic mass is 16.3. The molecule has 1 unspecified atom stereocenters. The van der Waals surface area contributed by atoms with Gasteiger partial charge in [-0.15, -0.1) is 10.2 Å². The van der Waals surface area contributed by atoms with Crippen molar-refractivity contribution in [3.63, 3.8) is 0 Å². The van der Waals surface area contributed by atoms with E-state index >= 15 is 0 Å². The van der Waals surface area contributed by atoms with Crippen LogP contribution in [-0.2, 0) is 25.8 Å². The van der Waals surface area contributed by atoms with E-state index in [0.29, 0.717) is 0 Å². The molecule has 2 aromatic heterocycles. The van der Waals surface area contributed by atoms with Crippen molar-refractivity contribution in [2.24, 2.45) is 0 Å². The van der Waals surface area contributed by atoms with E-state index in [1.807, 2.05) is 18.2 Å². The first-order valence-corrected chi connectivity index (χ1v) is 9.89.